The third kappa shape index (κ3) is 6.32. The Morgan fingerprint density at radius 2 is 1.76 bits per heavy atom. The number of nitrogens with zero attached hydrogens (tertiary/aromatic N) is 1. The lowest BCUT2D eigenvalue weighted by atomic mass is 9.91. The highest BCUT2D eigenvalue weighted by atomic mass is 32.2. The van der Waals surface area contributed by atoms with E-state index in [1.54, 1.807) is 18.2 Å². The Hall–Kier alpha value is -3.39. The Morgan fingerprint density at radius 3 is 2.39 bits per heavy atom. The lowest BCUT2D eigenvalue weighted by molar-refractivity contribution is 0.0973. The second kappa shape index (κ2) is 9.62. The first-order valence-corrected chi connectivity index (χ1v) is 12.1. The zero-order chi connectivity index (χ0) is 24.2. The summed E-state index contributed by atoms with van der Waals surface area (Å²) in [5.74, 6) is -0.738. The first-order chi connectivity index (χ1) is 15.5. The lowest BCUT2D eigenvalue weighted by Crippen LogP contribution is -2.32. The lowest BCUT2D eigenvalue weighted by Gasteiger charge is -2.22. The molecule has 0 radical (unpaired) electrons. The maximum atomic E-state index is 13.0. The molecule has 0 bridgehead atoms. The standard InChI is InChI=1S/C25H29N3O4S/c1-17(15-18-9-6-5-7-10-18)32-24-21(13-14-22(27-24)25(2,3)4)23(29)28-33(30,31)20-12-8-11-19(26)16-20/h5-14,16-17H,15,26H2,1-4H3,(H,28,29). The number of ether oxygens (including phenoxy) is 1. The van der Waals surface area contributed by atoms with Crippen LogP contribution in [0, 0.1) is 0 Å². The summed E-state index contributed by atoms with van der Waals surface area (Å²) >= 11 is 0. The fourth-order valence-electron chi connectivity index (χ4n) is 3.22. The largest absolute Gasteiger partial charge is 0.474 e. The first-order valence-electron chi connectivity index (χ1n) is 10.6. The molecule has 0 aliphatic carbocycles. The van der Waals surface area contributed by atoms with E-state index in [2.05, 4.69) is 9.71 Å². The van der Waals surface area contributed by atoms with E-state index in [0.29, 0.717) is 6.42 Å². The van der Waals surface area contributed by atoms with Gasteiger partial charge in [-0.15, -0.1) is 0 Å². The monoisotopic (exact) mass is 467 g/mol. The summed E-state index contributed by atoms with van der Waals surface area (Å²) in [5.41, 5.74) is 7.51. The number of carbonyl (C=O) groups is 1. The third-order valence-corrected chi connectivity index (χ3v) is 6.28. The van der Waals surface area contributed by atoms with Gasteiger partial charge in [-0.05, 0) is 42.8 Å². The number of hydrogen-bond donors (Lipinski definition) is 2. The molecule has 2 aromatic carbocycles. The van der Waals surface area contributed by atoms with Gasteiger partial charge in [-0.2, -0.15) is 0 Å². The summed E-state index contributed by atoms with van der Waals surface area (Å²) in [6.45, 7) is 7.87. The molecule has 0 saturated heterocycles. The molecule has 1 amide bonds. The summed E-state index contributed by atoms with van der Waals surface area (Å²) in [7, 11) is -4.13. The van der Waals surface area contributed by atoms with E-state index >= 15 is 0 Å². The van der Waals surface area contributed by atoms with Gasteiger partial charge in [0, 0.05) is 23.2 Å². The fourth-order valence-corrected chi connectivity index (χ4v) is 4.24. The fraction of sp³-hybridized carbons (Fsp3) is 0.280. The molecule has 33 heavy (non-hydrogen) atoms. The molecule has 8 heteroatoms. The van der Waals surface area contributed by atoms with Gasteiger partial charge in [-0.25, -0.2) is 18.1 Å². The van der Waals surface area contributed by atoms with Crippen molar-refractivity contribution in [2.45, 2.75) is 50.5 Å². The molecule has 174 valence electrons. The second-order valence-corrected chi connectivity index (χ2v) is 10.6. The van der Waals surface area contributed by atoms with Crippen LogP contribution in [0.4, 0.5) is 5.69 Å². The molecule has 1 atom stereocenters. The molecule has 3 rings (SSSR count). The molecule has 3 N–H and O–H groups in total. The van der Waals surface area contributed by atoms with Crippen LogP contribution in [0.3, 0.4) is 0 Å². The number of sulfonamides is 1. The average Bonchev–Trinajstić information content (AvgIpc) is 2.73. The molecule has 1 heterocycles. The number of benzene rings is 2. The van der Waals surface area contributed by atoms with Crippen LogP contribution in [-0.4, -0.2) is 25.4 Å². The summed E-state index contributed by atoms with van der Waals surface area (Å²) < 4.78 is 33.6. The number of pyridine rings is 1. The number of rotatable bonds is 7. The van der Waals surface area contributed by atoms with E-state index in [1.165, 1.54) is 18.2 Å². The predicted octanol–water partition coefficient (Wildman–Crippen LogP) is 4.09. The van der Waals surface area contributed by atoms with Crippen molar-refractivity contribution >= 4 is 21.6 Å². The van der Waals surface area contributed by atoms with E-state index in [4.69, 9.17) is 10.5 Å². The third-order valence-electron chi connectivity index (χ3n) is 4.95. The van der Waals surface area contributed by atoms with Crippen LogP contribution in [-0.2, 0) is 21.9 Å². The molecule has 1 aromatic heterocycles. The Bertz CT molecular complexity index is 1240. The number of anilines is 1. The highest BCUT2D eigenvalue weighted by Crippen LogP contribution is 2.26. The number of carbonyl (C=O) groups excluding carboxylic acids is 1. The van der Waals surface area contributed by atoms with Crippen LogP contribution in [0.25, 0.3) is 0 Å². The number of nitrogens with two attached hydrogens (primary N) is 1. The van der Waals surface area contributed by atoms with Crippen molar-refractivity contribution in [3.63, 3.8) is 0 Å². The molecule has 0 spiro atoms. The molecular weight excluding hydrogens is 438 g/mol. The Labute approximate surface area is 195 Å². The van der Waals surface area contributed by atoms with Crippen molar-refractivity contribution in [2.24, 2.45) is 0 Å². The first kappa shape index (κ1) is 24.3. The van der Waals surface area contributed by atoms with E-state index in [1.807, 2.05) is 58.0 Å². The second-order valence-electron chi connectivity index (χ2n) is 8.92. The highest BCUT2D eigenvalue weighted by molar-refractivity contribution is 7.90. The Balaban J connectivity index is 1.90. The summed E-state index contributed by atoms with van der Waals surface area (Å²) in [6, 6.07) is 18.8. The van der Waals surface area contributed by atoms with Crippen LogP contribution in [0.1, 0.15) is 49.3 Å². The average molecular weight is 468 g/mol. The molecule has 0 fully saturated rings. The van der Waals surface area contributed by atoms with Gasteiger partial charge >= 0.3 is 0 Å². The van der Waals surface area contributed by atoms with Gasteiger partial charge in [-0.3, -0.25) is 4.79 Å². The van der Waals surface area contributed by atoms with Gasteiger partial charge in [-0.1, -0.05) is 57.2 Å². The quantitative estimate of drug-likeness (QED) is 0.506. The van der Waals surface area contributed by atoms with Crippen LogP contribution >= 0.6 is 0 Å². The van der Waals surface area contributed by atoms with Gasteiger partial charge in [0.25, 0.3) is 15.9 Å². The smallest absolute Gasteiger partial charge is 0.270 e. The molecular formula is C25H29N3O4S. The number of amides is 1. The molecule has 0 saturated carbocycles. The van der Waals surface area contributed by atoms with Crippen molar-refractivity contribution in [3.05, 3.63) is 83.6 Å². The van der Waals surface area contributed by atoms with Crippen LogP contribution < -0.4 is 15.2 Å². The molecule has 3 aromatic rings. The van der Waals surface area contributed by atoms with E-state index in [9.17, 15) is 13.2 Å². The van der Waals surface area contributed by atoms with E-state index in [-0.39, 0.29) is 33.5 Å². The van der Waals surface area contributed by atoms with Gasteiger partial charge in [0.05, 0.1) is 4.90 Å². The Morgan fingerprint density at radius 1 is 1.06 bits per heavy atom. The SMILES string of the molecule is CC(Cc1ccccc1)Oc1nc(C(C)(C)C)ccc1C(=O)NS(=O)(=O)c1cccc(N)c1. The molecule has 1 unspecified atom stereocenters. The number of nitrogens with one attached hydrogen (secondary N) is 1. The minimum Gasteiger partial charge on any atom is -0.474 e. The van der Waals surface area contributed by atoms with Gasteiger partial charge in [0.15, 0.2) is 0 Å². The molecule has 0 aliphatic rings. The number of hydrogen-bond acceptors (Lipinski definition) is 6. The van der Waals surface area contributed by atoms with Crippen molar-refractivity contribution in [1.82, 2.24) is 9.71 Å². The van der Waals surface area contributed by atoms with Crippen molar-refractivity contribution in [3.8, 4) is 5.88 Å². The maximum Gasteiger partial charge on any atom is 0.270 e. The van der Waals surface area contributed by atoms with E-state index < -0.39 is 15.9 Å². The van der Waals surface area contributed by atoms with Crippen LogP contribution in [0.15, 0.2) is 71.6 Å². The summed E-state index contributed by atoms with van der Waals surface area (Å²) in [6.07, 6.45) is 0.303. The number of nitrogen functional groups attached to an aromatic ring is 1. The zero-order valence-electron chi connectivity index (χ0n) is 19.2. The number of aromatic nitrogens is 1. The van der Waals surface area contributed by atoms with Gasteiger partial charge in [0.1, 0.15) is 11.7 Å². The Kier molecular flexibility index (Phi) is 7.07. The van der Waals surface area contributed by atoms with E-state index in [0.717, 1.165) is 11.3 Å². The highest BCUT2D eigenvalue weighted by Gasteiger charge is 2.25. The topological polar surface area (TPSA) is 111 Å². The van der Waals surface area contributed by atoms with Gasteiger partial charge in [0.2, 0.25) is 5.88 Å². The minimum atomic E-state index is -4.13. The minimum absolute atomic E-state index is 0.0374. The van der Waals surface area contributed by atoms with Crippen molar-refractivity contribution in [1.29, 1.82) is 0 Å². The van der Waals surface area contributed by atoms with Crippen LogP contribution in [0.2, 0.25) is 0 Å². The maximum absolute atomic E-state index is 13.0. The van der Waals surface area contributed by atoms with Crippen molar-refractivity contribution in [2.75, 3.05) is 5.73 Å². The summed E-state index contributed by atoms with van der Waals surface area (Å²) in [4.78, 5) is 17.5. The van der Waals surface area contributed by atoms with Crippen LogP contribution in [0.5, 0.6) is 5.88 Å². The molecule has 0 aliphatic heterocycles. The normalized spacial score (nSPS) is 12.7. The van der Waals surface area contributed by atoms with Gasteiger partial charge < -0.3 is 10.5 Å². The van der Waals surface area contributed by atoms with Crippen molar-refractivity contribution < 1.29 is 17.9 Å². The predicted molar refractivity (Wildman–Crippen MR) is 129 cm³/mol. The zero-order valence-corrected chi connectivity index (χ0v) is 20.0. The molecule has 7 nitrogen and oxygen atoms in total. The summed E-state index contributed by atoms with van der Waals surface area (Å²) in [5, 5.41) is 0.